The average molecular weight is 246 g/mol. The maximum absolute atomic E-state index is 6.18. The molecule has 1 heterocycles. The standard InChI is InChI=1S/C14H18N2S/c1-10-3-11(2)5-12(4-10)6-13(15)7-14-8-16-9-17-14/h3-5,8-9,13H,6-7,15H2,1-2H3. The van der Waals surface area contributed by atoms with Crippen molar-refractivity contribution < 1.29 is 0 Å². The number of rotatable bonds is 4. The summed E-state index contributed by atoms with van der Waals surface area (Å²) in [5, 5.41) is 0. The molecule has 0 bridgehead atoms. The maximum atomic E-state index is 6.18. The zero-order valence-corrected chi connectivity index (χ0v) is 11.1. The number of nitrogens with two attached hydrogens (primary N) is 1. The van der Waals surface area contributed by atoms with E-state index in [0.29, 0.717) is 0 Å². The predicted molar refractivity (Wildman–Crippen MR) is 73.4 cm³/mol. The van der Waals surface area contributed by atoms with Gasteiger partial charge in [0.1, 0.15) is 0 Å². The van der Waals surface area contributed by atoms with E-state index in [-0.39, 0.29) is 6.04 Å². The Morgan fingerprint density at radius 2 is 1.88 bits per heavy atom. The molecule has 2 nitrogen and oxygen atoms in total. The second kappa shape index (κ2) is 5.43. The fraction of sp³-hybridized carbons (Fsp3) is 0.357. The highest BCUT2D eigenvalue weighted by Crippen LogP contribution is 2.13. The highest BCUT2D eigenvalue weighted by Gasteiger charge is 2.07. The van der Waals surface area contributed by atoms with Crippen molar-refractivity contribution in [3.63, 3.8) is 0 Å². The number of nitrogens with zero attached hydrogens (tertiary/aromatic N) is 1. The molecule has 1 unspecified atom stereocenters. The Bertz CT molecular complexity index is 457. The van der Waals surface area contributed by atoms with Gasteiger partial charge in [-0.3, -0.25) is 4.98 Å². The van der Waals surface area contributed by atoms with Crippen LogP contribution in [0.3, 0.4) is 0 Å². The molecule has 0 spiro atoms. The van der Waals surface area contributed by atoms with Crippen LogP contribution < -0.4 is 5.73 Å². The van der Waals surface area contributed by atoms with E-state index < -0.39 is 0 Å². The Morgan fingerprint density at radius 3 is 2.47 bits per heavy atom. The summed E-state index contributed by atoms with van der Waals surface area (Å²) in [6.45, 7) is 4.26. The van der Waals surface area contributed by atoms with Gasteiger partial charge in [-0.1, -0.05) is 29.3 Å². The van der Waals surface area contributed by atoms with E-state index in [4.69, 9.17) is 5.73 Å². The van der Waals surface area contributed by atoms with E-state index in [1.807, 2.05) is 11.7 Å². The van der Waals surface area contributed by atoms with Gasteiger partial charge in [-0.05, 0) is 32.3 Å². The van der Waals surface area contributed by atoms with E-state index in [2.05, 4.69) is 37.0 Å². The van der Waals surface area contributed by atoms with Crippen LogP contribution >= 0.6 is 11.3 Å². The van der Waals surface area contributed by atoms with Gasteiger partial charge in [0.15, 0.2) is 0 Å². The van der Waals surface area contributed by atoms with Crippen LogP contribution in [0.1, 0.15) is 21.6 Å². The van der Waals surface area contributed by atoms with Crippen LogP contribution in [0.2, 0.25) is 0 Å². The number of thiazole rings is 1. The number of hydrogen-bond acceptors (Lipinski definition) is 3. The third kappa shape index (κ3) is 3.65. The average Bonchev–Trinajstić information content (AvgIpc) is 2.67. The Balaban J connectivity index is 2.00. The molecular weight excluding hydrogens is 228 g/mol. The van der Waals surface area contributed by atoms with Gasteiger partial charge in [-0.15, -0.1) is 11.3 Å². The fourth-order valence-electron chi connectivity index (χ4n) is 2.16. The van der Waals surface area contributed by atoms with Crippen molar-refractivity contribution in [1.29, 1.82) is 0 Å². The van der Waals surface area contributed by atoms with Gasteiger partial charge in [0, 0.05) is 17.1 Å². The second-order valence-corrected chi connectivity index (χ2v) is 5.60. The van der Waals surface area contributed by atoms with Crippen molar-refractivity contribution >= 4 is 11.3 Å². The maximum Gasteiger partial charge on any atom is 0.0794 e. The van der Waals surface area contributed by atoms with Crippen molar-refractivity contribution in [2.45, 2.75) is 32.7 Å². The minimum absolute atomic E-state index is 0.177. The van der Waals surface area contributed by atoms with Crippen LogP contribution in [0.25, 0.3) is 0 Å². The highest BCUT2D eigenvalue weighted by atomic mass is 32.1. The van der Waals surface area contributed by atoms with Gasteiger partial charge in [0.05, 0.1) is 5.51 Å². The molecule has 0 aliphatic rings. The summed E-state index contributed by atoms with van der Waals surface area (Å²) in [6.07, 6.45) is 3.75. The summed E-state index contributed by atoms with van der Waals surface area (Å²) >= 11 is 1.68. The summed E-state index contributed by atoms with van der Waals surface area (Å²) in [4.78, 5) is 5.34. The van der Waals surface area contributed by atoms with Crippen LogP contribution in [0, 0.1) is 13.8 Å². The van der Waals surface area contributed by atoms with E-state index in [9.17, 15) is 0 Å². The molecule has 0 fully saturated rings. The van der Waals surface area contributed by atoms with Crippen molar-refractivity contribution in [3.05, 3.63) is 51.5 Å². The van der Waals surface area contributed by atoms with Crippen LogP contribution in [-0.2, 0) is 12.8 Å². The minimum atomic E-state index is 0.177. The first-order valence-electron chi connectivity index (χ1n) is 5.83. The lowest BCUT2D eigenvalue weighted by Gasteiger charge is -2.11. The summed E-state index contributed by atoms with van der Waals surface area (Å²) in [5.74, 6) is 0. The number of aryl methyl sites for hydroxylation is 2. The van der Waals surface area contributed by atoms with Gasteiger partial charge < -0.3 is 5.73 Å². The Morgan fingerprint density at radius 1 is 1.18 bits per heavy atom. The first-order valence-corrected chi connectivity index (χ1v) is 6.71. The van der Waals surface area contributed by atoms with Crippen LogP contribution in [0.5, 0.6) is 0 Å². The highest BCUT2D eigenvalue weighted by molar-refractivity contribution is 7.09. The molecule has 0 saturated carbocycles. The predicted octanol–water partition coefficient (Wildman–Crippen LogP) is 2.87. The quantitative estimate of drug-likeness (QED) is 0.901. The van der Waals surface area contributed by atoms with Gasteiger partial charge in [0.25, 0.3) is 0 Å². The Kier molecular flexibility index (Phi) is 3.92. The SMILES string of the molecule is Cc1cc(C)cc(CC(N)Cc2cncs2)c1. The molecule has 0 aliphatic heterocycles. The largest absolute Gasteiger partial charge is 0.327 e. The van der Waals surface area contributed by atoms with Crippen molar-refractivity contribution in [2.24, 2.45) is 5.73 Å². The van der Waals surface area contributed by atoms with Gasteiger partial charge >= 0.3 is 0 Å². The van der Waals surface area contributed by atoms with E-state index in [1.54, 1.807) is 11.3 Å². The molecule has 3 heteroatoms. The fourth-order valence-corrected chi connectivity index (χ4v) is 2.85. The first-order chi connectivity index (χ1) is 8.13. The van der Waals surface area contributed by atoms with Gasteiger partial charge in [0.2, 0.25) is 0 Å². The molecule has 1 aromatic carbocycles. The molecule has 2 rings (SSSR count). The van der Waals surface area contributed by atoms with Crippen LogP contribution in [-0.4, -0.2) is 11.0 Å². The normalized spacial score (nSPS) is 12.6. The number of aromatic nitrogens is 1. The lowest BCUT2D eigenvalue weighted by molar-refractivity contribution is 0.669. The summed E-state index contributed by atoms with van der Waals surface area (Å²) in [6, 6.07) is 6.81. The summed E-state index contributed by atoms with van der Waals surface area (Å²) < 4.78 is 0. The summed E-state index contributed by atoms with van der Waals surface area (Å²) in [5.41, 5.74) is 12.0. The zero-order valence-electron chi connectivity index (χ0n) is 10.3. The molecule has 17 heavy (non-hydrogen) atoms. The molecule has 0 aliphatic carbocycles. The van der Waals surface area contributed by atoms with Gasteiger partial charge in [-0.2, -0.15) is 0 Å². The van der Waals surface area contributed by atoms with E-state index in [1.165, 1.54) is 21.6 Å². The van der Waals surface area contributed by atoms with E-state index >= 15 is 0 Å². The Labute approximate surface area is 107 Å². The monoisotopic (exact) mass is 246 g/mol. The molecular formula is C14H18N2S. The summed E-state index contributed by atoms with van der Waals surface area (Å²) in [7, 11) is 0. The molecule has 2 N–H and O–H groups in total. The van der Waals surface area contributed by atoms with Crippen LogP contribution in [0.15, 0.2) is 29.9 Å². The second-order valence-electron chi connectivity index (χ2n) is 4.63. The minimum Gasteiger partial charge on any atom is -0.327 e. The van der Waals surface area contributed by atoms with Crippen LogP contribution in [0.4, 0.5) is 0 Å². The molecule has 0 amide bonds. The van der Waals surface area contributed by atoms with Crippen molar-refractivity contribution in [1.82, 2.24) is 4.98 Å². The molecule has 1 aromatic heterocycles. The molecule has 1 atom stereocenters. The van der Waals surface area contributed by atoms with Gasteiger partial charge in [-0.25, -0.2) is 0 Å². The van der Waals surface area contributed by atoms with E-state index in [0.717, 1.165) is 12.8 Å². The van der Waals surface area contributed by atoms with Crippen molar-refractivity contribution in [3.8, 4) is 0 Å². The molecule has 2 aromatic rings. The topological polar surface area (TPSA) is 38.9 Å². The number of benzene rings is 1. The van der Waals surface area contributed by atoms with Crippen molar-refractivity contribution in [2.75, 3.05) is 0 Å². The molecule has 90 valence electrons. The molecule has 0 saturated heterocycles. The third-order valence-corrected chi connectivity index (χ3v) is 3.53. The smallest absolute Gasteiger partial charge is 0.0794 e. The lowest BCUT2D eigenvalue weighted by atomic mass is 10.00. The third-order valence-electron chi connectivity index (χ3n) is 2.73. The zero-order chi connectivity index (χ0) is 12.3. The molecule has 0 radical (unpaired) electrons. The number of hydrogen-bond donors (Lipinski definition) is 1. The Hall–Kier alpha value is -1.19. The first kappa shape index (κ1) is 12.3. The lowest BCUT2D eigenvalue weighted by Crippen LogP contribution is -2.25.